The lowest BCUT2D eigenvalue weighted by molar-refractivity contribution is 0.371. The number of rotatable bonds is 11. The minimum atomic E-state index is 0.510. The van der Waals surface area contributed by atoms with Crippen molar-refractivity contribution < 1.29 is 4.52 Å². The summed E-state index contributed by atoms with van der Waals surface area (Å²) in [4.78, 5) is 4.58. The first kappa shape index (κ1) is 19.8. The highest BCUT2D eigenvalue weighted by Gasteiger charge is 2.15. The summed E-state index contributed by atoms with van der Waals surface area (Å²) < 4.78 is 5.48. The van der Waals surface area contributed by atoms with Crippen molar-refractivity contribution in [3.8, 4) is 0 Å². The minimum absolute atomic E-state index is 0.510. The molecule has 0 amide bonds. The van der Waals surface area contributed by atoms with Crippen molar-refractivity contribution in [2.45, 2.75) is 51.9 Å². The largest absolute Gasteiger partial charge is 0.339 e. The van der Waals surface area contributed by atoms with Gasteiger partial charge >= 0.3 is 0 Å². The van der Waals surface area contributed by atoms with Crippen LogP contribution in [0.2, 0.25) is 0 Å². The molecule has 0 aliphatic carbocycles. The number of anilines is 1. The fourth-order valence-electron chi connectivity index (χ4n) is 2.98. The molecule has 0 saturated heterocycles. The van der Waals surface area contributed by atoms with Crippen molar-refractivity contribution in [1.82, 2.24) is 10.1 Å². The van der Waals surface area contributed by atoms with Gasteiger partial charge < -0.3 is 4.52 Å². The molecule has 0 bridgehead atoms. The second-order valence-electron chi connectivity index (χ2n) is 6.83. The van der Waals surface area contributed by atoms with Gasteiger partial charge in [-0.05, 0) is 18.6 Å². The van der Waals surface area contributed by atoms with Crippen molar-refractivity contribution in [3.05, 3.63) is 77.9 Å². The third-order valence-electron chi connectivity index (χ3n) is 4.54. The van der Waals surface area contributed by atoms with Gasteiger partial charge in [-0.3, -0.25) is 5.43 Å². The van der Waals surface area contributed by atoms with Crippen LogP contribution in [0.1, 0.15) is 62.7 Å². The number of unbranched alkanes of at least 4 members (excludes halogenated alkanes) is 5. The van der Waals surface area contributed by atoms with Crippen LogP contribution in [0.4, 0.5) is 5.69 Å². The van der Waals surface area contributed by atoms with Crippen LogP contribution < -0.4 is 5.43 Å². The Kier molecular flexibility index (Phi) is 7.79. The monoisotopic (exact) mass is 376 g/mol. The molecular weight excluding hydrogens is 348 g/mol. The predicted molar refractivity (Wildman–Crippen MR) is 114 cm³/mol. The van der Waals surface area contributed by atoms with E-state index >= 15 is 0 Å². The molecule has 146 valence electrons. The van der Waals surface area contributed by atoms with Crippen LogP contribution in [-0.4, -0.2) is 15.9 Å². The zero-order chi connectivity index (χ0) is 19.4. The Hall–Kier alpha value is -2.95. The van der Waals surface area contributed by atoms with Crippen molar-refractivity contribution in [2.24, 2.45) is 5.10 Å². The van der Waals surface area contributed by atoms with E-state index in [2.05, 4.69) is 27.6 Å². The molecule has 0 aliphatic rings. The van der Waals surface area contributed by atoms with E-state index in [9.17, 15) is 0 Å². The third kappa shape index (κ3) is 6.05. The fraction of sp³-hybridized carbons (Fsp3) is 0.348. The van der Waals surface area contributed by atoms with E-state index in [4.69, 9.17) is 4.52 Å². The molecule has 0 saturated carbocycles. The van der Waals surface area contributed by atoms with Gasteiger partial charge in [-0.15, -0.1) is 0 Å². The van der Waals surface area contributed by atoms with Crippen molar-refractivity contribution in [2.75, 3.05) is 5.43 Å². The summed E-state index contributed by atoms with van der Waals surface area (Å²) >= 11 is 0. The molecule has 1 heterocycles. The molecular formula is C23H28N4O. The van der Waals surface area contributed by atoms with Crippen LogP contribution in [0.25, 0.3) is 0 Å². The number of para-hydroxylation sites is 1. The van der Waals surface area contributed by atoms with Crippen LogP contribution in [-0.2, 0) is 6.42 Å². The standard InChI is InChI=1S/C23H28N4O/c1-2-3-4-5-6-13-18-21-24-23(27-28-21)22(19-14-9-7-10-15-19)26-25-20-16-11-8-12-17-20/h7-12,14-17,25H,2-6,13,18H2,1H3/b26-22-. The lowest BCUT2D eigenvalue weighted by atomic mass is 10.1. The summed E-state index contributed by atoms with van der Waals surface area (Å²) in [6.07, 6.45) is 8.25. The molecule has 2 aromatic carbocycles. The molecule has 0 radical (unpaired) electrons. The van der Waals surface area contributed by atoms with Gasteiger partial charge in [0.2, 0.25) is 11.7 Å². The summed E-state index contributed by atoms with van der Waals surface area (Å²) in [5, 5.41) is 8.74. The van der Waals surface area contributed by atoms with E-state index < -0.39 is 0 Å². The first-order valence-electron chi connectivity index (χ1n) is 10.1. The van der Waals surface area contributed by atoms with Crippen LogP contribution in [0.5, 0.6) is 0 Å². The number of hydrogen-bond acceptors (Lipinski definition) is 5. The summed E-state index contributed by atoms with van der Waals surface area (Å²) in [5.74, 6) is 1.18. The first-order valence-corrected chi connectivity index (χ1v) is 10.1. The van der Waals surface area contributed by atoms with Gasteiger partial charge in [-0.25, -0.2) is 0 Å². The van der Waals surface area contributed by atoms with Gasteiger partial charge in [0.25, 0.3) is 0 Å². The maximum absolute atomic E-state index is 5.48. The topological polar surface area (TPSA) is 63.3 Å². The molecule has 3 aromatic rings. The zero-order valence-electron chi connectivity index (χ0n) is 16.5. The molecule has 5 nitrogen and oxygen atoms in total. The van der Waals surface area contributed by atoms with Crippen molar-refractivity contribution in [1.29, 1.82) is 0 Å². The van der Waals surface area contributed by atoms with Crippen LogP contribution >= 0.6 is 0 Å². The minimum Gasteiger partial charge on any atom is -0.339 e. The van der Waals surface area contributed by atoms with Crippen molar-refractivity contribution in [3.63, 3.8) is 0 Å². The van der Waals surface area contributed by atoms with E-state index in [-0.39, 0.29) is 0 Å². The number of nitrogens with one attached hydrogen (secondary N) is 1. The molecule has 3 rings (SSSR count). The number of aromatic nitrogens is 2. The van der Waals surface area contributed by atoms with Crippen LogP contribution in [0.3, 0.4) is 0 Å². The maximum Gasteiger partial charge on any atom is 0.227 e. The Labute approximate surface area is 166 Å². The SMILES string of the molecule is CCCCCCCCc1nc(/C(=N\Nc2ccccc2)c2ccccc2)no1. The highest BCUT2D eigenvalue weighted by molar-refractivity contribution is 6.10. The average Bonchev–Trinajstić information content (AvgIpc) is 3.21. The number of aryl methyl sites for hydroxylation is 1. The molecule has 0 aliphatic heterocycles. The Morgan fingerprint density at radius 3 is 2.32 bits per heavy atom. The number of nitrogens with zero attached hydrogens (tertiary/aromatic N) is 3. The van der Waals surface area contributed by atoms with Gasteiger partial charge in [-0.2, -0.15) is 10.1 Å². The molecule has 0 unspecified atom stereocenters. The quantitative estimate of drug-likeness (QED) is 0.259. The van der Waals surface area contributed by atoms with Gasteiger partial charge in [0.05, 0.1) is 5.69 Å². The van der Waals surface area contributed by atoms with Crippen LogP contribution in [0, 0.1) is 0 Å². The smallest absolute Gasteiger partial charge is 0.227 e. The lowest BCUT2D eigenvalue weighted by Crippen LogP contribution is -2.08. The van der Waals surface area contributed by atoms with E-state index in [1.54, 1.807) is 0 Å². The van der Waals surface area contributed by atoms with Gasteiger partial charge in [0.15, 0.2) is 0 Å². The summed E-state index contributed by atoms with van der Waals surface area (Å²) in [7, 11) is 0. The van der Waals surface area contributed by atoms with Crippen LogP contribution in [0.15, 0.2) is 70.3 Å². The molecule has 0 fully saturated rings. The highest BCUT2D eigenvalue weighted by Crippen LogP contribution is 2.13. The maximum atomic E-state index is 5.48. The highest BCUT2D eigenvalue weighted by atomic mass is 16.5. The lowest BCUT2D eigenvalue weighted by Gasteiger charge is -2.04. The molecule has 1 N–H and O–H groups in total. The second kappa shape index (κ2) is 11.0. The van der Waals surface area contributed by atoms with E-state index in [1.807, 2.05) is 60.7 Å². The zero-order valence-corrected chi connectivity index (χ0v) is 16.5. The Morgan fingerprint density at radius 1 is 0.893 bits per heavy atom. The van der Waals surface area contributed by atoms with Gasteiger partial charge in [0.1, 0.15) is 5.71 Å². The Bertz CT molecular complexity index is 843. The number of benzene rings is 2. The molecule has 0 atom stereocenters. The van der Waals surface area contributed by atoms with E-state index in [1.165, 1.54) is 32.1 Å². The molecule has 28 heavy (non-hydrogen) atoms. The first-order chi connectivity index (χ1) is 13.9. The van der Waals surface area contributed by atoms with Gasteiger partial charge in [0, 0.05) is 12.0 Å². The Balaban J connectivity index is 1.68. The summed E-state index contributed by atoms with van der Waals surface area (Å²) in [6, 6.07) is 19.8. The number of hydrazone groups is 1. The molecule has 0 spiro atoms. The molecule has 1 aromatic heterocycles. The second-order valence-corrected chi connectivity index (χ2v) is 6.83. The molecule has 5 heteroatoms. The normalized spacial score (nSPS) is 11.5. The van der Waals surface area contributed by atoms with Crippen molar-refractivity contribution >= 4 is 11.4 Å². The van der Waals surface area contributed by atoms with E-state index in [0.717, 1.165) is 24.1 Å². The average molecular weight is 377 g/mol. The number of hydrogen-bond donors (Lipinski definition) is 1. The third-order valence-corrected chi connectivity index (χ3v) is 4.54. The predicted octanol–water partition coefficient (Wildman–Crippen LogP) is 5.84. The fourth-order valence-corrected chi connectivity index (χ4v) is 2.98. The summed E-state index contributed by atoms with van der Waals surface area (Å²) in [5.41, 5.74) is 5.61. The summed E-state index contributed by atoms with van der Waals surface area (Å²) in [6.45, 7) is 2.23. The Morgan fingerprint density at radius 2 is 1.57 bits per heavy atom. The van der Waals surface area contributed by atoms with E-state index in [0.29, 0.717) is 17.4 Å². The van der Waals surface area contributed by atoms with Gasteiger partial charge in [-0.1, -0.05) is 92.7 Å².